The number of amides is 2. The number of nitro benzene ring substituents is 1. The first kappa shape index (κ1) is 27.9. The molecule has 37 heavy (non-hydrogen) atoms. The molecule has 3 aromatic rings. The third kappa shape index (κ3) is 9.06. The molecule has 8 heteroatoms. The van der Waals surface area contributed by atoms with Crippen molar-refractivity contribution in [1.29, 1.82) is 0 Å². The number of hydrogen-bond acceptors (Lipinski definition) is 5. The molecule has 0 aliphatic heterocycles. The van der Waals surface area contributed by atoms with Crippen LogP contribution < -0.4 is 5.32 Å². The summed E-state index contributed by atoms with van der Waals surface area (Å²) in [6.45, 7) is 2.97. The molecule has 0 radical (unpaired) electrons. The molecule has 0 spiro atoms. The number of unbranched alkanes of at least 4 members (excludes halogenated alkanes) is 1. The molecule has 1 N–H and O–H groups in total. The quantitative estimate of drug-likeness (QED) is 0.175. The number of benzene rings is 3. The van der Waals surface area contributed by atoms with Gasteiger partial charge in [0.1, 0.15) is 6.04 Å². The Hall–Kier alpha value is -3.65. The lowest BCUT2D eigenvalue weighted by molar-refractivity contribution is -0.384. The fourth-order valence-corrected chi connectivity index (χ4v) is 4.76. The molecule has 0 bridgehead atoms. The second-order valence-electron chi connectivity index (χ2n) is 8.77. The summed E-state index contributed by atoms with van der Waals surface area (Å²) in [4.78, 5) is 39.1. The molecular formula is C29H33N3O4S. The summed E-state index contributed by atoms with van der Waals surface area (Å²) in [5.41, 5.74) is 2.88. The average molecular weight is 520 g/mol. The Morgan fingerprint density at radius 2 is 1.54 bits per heavy atom. The van der Waals surface area contributed by atoms with Crippen molar-refractivity contribution in [2.24, 2.45) is 0 Å². The number of nitrogens with zero attached hydrogens (tertiary/aromatic N) is 2. The van der Waals surface area contributed by atoms with Gasteiger partial charge in [-0.1, -0.05) is 86.1 Å². The summed E-state index contributed by atoms with van der Waals surface area (Å²) in [7, 11) is 0. The van der Waals surface area contributed by atoms with Crippen LogP contribution >= 0.6 is 11.8 Å². The van der Waals surface area contributed by atoms with Crippen molar-refractivity contribution in [2.75, 3.05) is 12.3 Å². The first-order chi connectivity index (χ1) is 18.0. The topological polar surface area (TPSA) is 92.6 Å². The number of carbonyl (C=O) groups excluding carboxylic acids is 2. The van der Waals surface area contributed by atoms with Crippen molar-refractivity contribution in [1.82, 2.24) is 10.2 Å². The summed E-state index contributed by atoms with van der Waals surface area (Å²) in [5, 5.41) is 13.9. The summed E-state index contributed by atoms with van der Waals surface area (Å²) in [5.74, 6) is 0.455. The second kappa shape index (κ2) is 14.8. The summed E-state index contributed by atoms with van der Waals surface area (Å²) < 4.78 is 0. The smallest absolute Gasteiger partial charge is 0.269 e. The largest absolute Gasteiger partial charge is 0.354 e. The van der Waals surface area contributed by atoms with Crippen LogP contribution in [0.4, 0.5) is 5.69 Å². The minimum Gasteiger partial charge on any atom is -0.354 e. The first-order valence-corrected chi connectivity index (χ1v) is 13.6. The maximum Gasteiger partial charge on any atom is 0.269 e. The molecule has 194 valence electrons. The van der Waals surface area contributed by atoms with Crippen LogP contribution in [0.2, 0.25) is 0 Å². The van der Waals surface area contributed by atoms with Gasteiger partial charge in [-0.05, 0) is 23.1 Å². The van der Waals surface area contributed by atoms with Gasteiger partial charge < -0.3 is 10.2 Å². The standard InChI is InChI=1S/C29H33N3O4S/c1-2-3-18-30-29(34)27(19-23-10-6-4-7-11-23)31(20-24-12-8-5-9-13-24)28(33)22-37-21-25-14-16-26(17-15-25)32(35)36/h4-17,27H,2-3,18-22H2,1H3,(H,30,34)/t27-/m0/s1. The molecule has 1 atom stereocenters. The van der Waals surface area contributed by atoms with Gasteiger partial charge >= 0.3 is 0 Å². The van der Waals surface area contributed by atoms with E-state index in [4.69, 9.17) is 0 Å². The van der Waals surface area contributed by atoms with Crippen LogP contribution in [0.1, 0.15) is 36.5 Å². The van der Waals surface area contributed by atoms with Gasteiger partial charge in [0.15, 0.2) is 0 Å². The molecule has 0 saturated carbocycles. The fraction of sp³-hybridized carbons (Fsp3) is 0.310. The van der Waals surface area contributed by atoms with Crippen LogP contribution in [-0.4, -0.2) is 40.0 Å². The van der Waals surface area contributed by atoms with E-state index in [2.05, 4.69) is 12.2 Å². The Labute approximate surface area is 222 Å². The lowest BCUT2D eigenvalue weighted by Gasteiger charge is -2.31. The number of hydrogen-bond donors (Lipinski definition) is 1. The maximum atomic E-state index is 13.6. The minimum atomic E-state index is -0.646. The van der Waals surface area contributed by atoms with Gasteiger partial charge in [0.25, 0.3) is 5.69 Å². The highest BCUT2D eigenvalue weighted by molar-refractivity contribution is 7.99. The van der Waals surface area contributed by atoms with E-state index in [9.17, 15) is 19.7 Å². The van der Waals surface area contributed by atoms with Crippen LogP contribution in [0.15, 0.2) is 84.9 Å². The molecule has 0 unspecified atom stereocenters. The first-order valence-electron chi connectivity index (χ1n) is 12.4. The van der Waals surface area contributed by atoms with Crippen LogP contribution in [-0.2, 0) is 28.3 Å². The predicted molar refractivity (Wildman–Crippen MR) is 148 cm³/mol. The van der Waals surface area contributed by atoms with Gasteiger partial charge in [0.2, 0.25) is 11.8 Å². The zero-order chi connectivity index (χ0) is 26.5. The van der Waals surface area contributed by atoms with Crippen molar-refractivity contribution in [3.63, 3.8) is 0 Å². The fourth-order valence-electron chi connectivity index (χ4n) is 3.89. The molecule has 0 aromatic heterocycles. The minimum absolute atomic E-state index is 0.0386. The zero-order valence-electron chi connectivity index (χ0n) is 21.0. The molecule has 3 rings (SSSR count). The number of rotatable bonds is 14. The molecule has 3 aromatic carbocycles. The third-order valence-electron chi connectivity index (χ3n) is 5.94. The summed E-state index contributed by atoms with van der Waals surface area (Å²) in [6.07, 6.45) is 2.27. The van der Waals surface area contributed by atoms with E-state index in [0.29, 0.717) is 25.3 Å². The van der Waals surface area contributed by atoms with Crippen LogP contribution in [0.25, 0.3) is 0 Å². The van der Waals surface area contributed by atoms with Gasteiger partial charge in [-0.15, -0.1) is 11.8 Å². The number of carbonyl (C=O) groups is 2. The van der Waals surface area contributed by atoms with Crippen molar-refractivity contribution in [3.8, 4) is 0 Å². The van der Waals surface area contributed by atoms with E-state index in [-0.39, 0.29) is 23.3 Å². The van der Waals surface area contributed by atoms with Gasteiger partial charge in [0, 0.05) is 37.4 Å². The van der Waals surface area contributed by atoms with Crippen molar-refractivity contribution in [3.05, 3.63) is 112 Å². The third-order valence-corrected chi connectivity index (χ3v) is 6.93. The molecule has 0 aliphatic rings. The van der Waals surface area contributed by atoms with Gasteiger partial charge in [-0.3, -0.25) is 19.7 Å². The second-order valence-corrected chi connectivity index (χ2v) is 9.76. The van der Waals surface area contributed by atoms with Crippen molar-refractivity contribution >= 4 is 29.3 Å². The number of thioether (sulfide) groups is 1. The van der Waals surface area contributed by atoms with Crippen molar-refractivity contribution in [2.45, 2.75) is 44.5 Å². The highest BCUT2D eigenvalue weighted by Gasteiger charge is 2.30. The Bertz CT molecular complexity index is 1140. The number of nitrogens with one attached hydrogen (secondary N) is 1. The SMILES string of the molecule is CCCCNC(=O)[C@H](Cc1ccccc1)N(Cc1ccccc1)C(=O)CSCc1ccc([N+](=O)[O-])cc1. The van der Waals surface area contributed by atoms with Gasteiger partial charge in [-0.2, -0.15) is 0 Å². The summed E-state index contributed by atoms with van der Waals surface area (Å²) in [6, 6.07) is 25.1. The predicted octanol–water partition coefficient (Wildman–Crippen LogP) is 5.38. The molecular weight excluding hydrogens is 486 g/mol. The van der Waals surface area contributed by atoms with Crippen molar-refractivity contribution < 1.29 is 14.5 Å². The van der Waals surface area contributed by atoms with E-state index in [1.54, 1.807) is 17.0 Å². The van der Waals surface area contributed by atoms with E-state index in [1.807, 2.05) is 60.7 Å². The van der Waals surface area contributed by atoms with E-state index in [0.717, 1.165) is 29.5 Å². The Morgan fingerprint density at radius 3 is 2.14 bits per heavy atom. The number of non-ortho nitro benzene ring substituents is 1. The van der Waals surface area contributed by atoms with E-state index in [1.165, 1.54) is 23.9 Å². The lowest BCUT2D eigenvalue weighted by Crippen LogP contribution is -2.51. The van der Waals surface area contributed by atoms with Crippen LogP contribution in [0.3, 0.4) is 0 Å². The molecule has 0 saturated heterocycles. The molecule has 0 heterocycles. The van der Waals surface area contributed by atoms with E-state index < -0.39 is 11.0 Å². The molecule has 0 fully saturated rings. The maximum absolute atomic E-state index is 13.6. The van der Waals surface area contributed by atoms with E-state index >= 15 is 0 Å². The monoisotopic (exact) mass is 519 g/mol. The van der Waals surface area contributed by atoms with Gasteiger partial charge in [-0.25, -0.2) is 0 Å². The Balaban J connectivity index is 1.78. The Morgan fingerprint density at radius 1 is 0.919 bits per heavy atom. The molecule has 7 nitrogen and oxygen atoms in total. The van der Waals surface area contributed by atoms with Gasteiger partial charge in [0.05, 0.1) is 10.7 Å². The van der Waals surface area contributed by atoms with Crippen LogP contribution in [0.5, 0.6) is 0 Å². The average Bonchev–Trinajstić information content (AvgIpc) is 2.92. The highest BCUT2D eigenvalue weighted by Crippen LogP contribution is 2.20. The summed E-state index contributed by atoms with van der Waals surface area (Å²) >= 11 is 1.43. The highest BCUT2D eigenvalue weighted by atomic mass is 32.2. The Kier molecular flexibility index (Phi) is 11.2. The lowest BCUT2D eigenvalue weighted by atomic mass is 10.0. The zero-order valence-corrected chi connectivity index (χ0v) is 21.9. The molecule has 2 amide bonds. The van der Waals surface area contributed by atoms with Crippen LogP contribution in [0, 0.1) is 10.1 Å². The molecule has 0 aliphatic carbocycles. The number of nitro groups is 1. The normalized spacial score (nSPS) is 11.5.